The quantitative estimate of drug-likeness (QED) is 0.546. The van der Waals surface area contributed by atoms with Crippen LogP contribution in [0.1, 0.15) is 61.3 Å². The summed E-state index contributed by atoms with van der Waals surface area (Å²) in [7, 11) is 0. The summed E-state index contributed by atoms with van der Waals surface area (Å²) < 4.78 is 6.19. The molecule has 2 aromatic heterocycles. The van der Waals surface area contributed by atoms with Gasteiger partial charge in [0.15, 0.2) is 0 Å². The van der Waals surface area contributed by atoms with E-state index in [1.54, 1.807) is 6.20 Å². The lowest BCUT2D eigenvalue weighted by Gasteiger charge is -2.26. The van der Waals surface area contributed by atoms with Gasteiger partial charge in [-0.15, -0.1) is 11.3 Å². The van der Waals surface area contributed by atoms with Gasteiger partial charge in [0, 0.05) is 17.1 Å². The van der Waals surface area contributed by atoms with E-state index in [0.717, 1.165) is 23.3 Å². The molecule has 7 heteroatoms. The summed E-state index contributed by atoms with van der Waals surface area (Å²) >= 11 is 1.48. The van der Waals surface area contributed by atoms with Crippen LogP contribution in [0.2, 0.25) is 0 Å². The van der Waals surface area contributed by atoms with Crippen LogP contribution >= 0.6 is 11.3 Å². The van der Waals surface area contributed by atoms with Crippen LogP contribution in [0, 0.1) is 26.7 Å². The van der Waals surface area contributed by atoms with E-state index in [9.17, 15) is 9.90 Å². The lowest BCUT2D eigenvalue weighted by atomic mass is 9.91. The highest BCUT2D eigenvalue weighted by Gasteiger charge is 2.31. The topological polar surface area (TPSA) is 84.3 Å². The first-order valence-corrected chi connectivity index (χ1v) is 12.2. The number of benzene rings is 1. The van der Waals surface area contributed by atoms with Gasteiger partial charge >= 0.3 is 0 Å². The van der Waals surface area contributed by atoms with Gasteiger partial charge in [-0.3, -0.25) is 4.79 Å². The molecule has 0 unspecified atom stereocenters. The van der Waals surface area contributed by atoms with Gasteiger partial charge in [-0.25, -0.2) is 9.97 Å². The maximum atomic E-state index is 13.5. The molecular weight excluding hydrogens is 434 g/mol. The summed E-state index contributed by atoms with van der Waals surface area (Å²) in [5.41, 5.74) is 5.18. The average molecular weight is 463 g/mol. The number of hydrogen-bond donors (Lipinski definition) is 2. The molecule has 1 aliphatic heterocycles. The number of ketones is 1. The first kappa shape index (κ1) is 22.2. The molecule has 3 aromatic rings. The smallest absolute Gasteiger partial charge is 0.208 e. The third-order valence-electron chi connectivity index (χ3n) is 6.66. The summed E-state index contributed by atoms with van der Waals surface area (Å²) in [5.74, 6) is 0.374. The molecule has 0 bridgehead atoms. The molecule has 1 saturated carbocycles. The van der Waals surface area contributed by atoms with Crippen molar-refractivity contribution in [1.82, 2.24) is 9.97 Å². The summed E-state index contributed by atoms with van der Waals surface area (Å²) in [4.78, 5) is 23.7. The van der Waals surface area contributed by atoms with Crippen molar-refractivity contribution >= 4 is 22.9 Å². The normalized spacial score (nSPS) is 24.5. The van der Waals surface area contributed by atoms with Crippen LogP contribution in [0.3, 0.4) is 0 Å². The Morgan fingerprint density at radius 2 is 2.09 bits per heavy atom. The number of anilines is 1. The van der Waals surface area contributed by atoms with Gasteiger partial charge in [0.05, 0.1) is 23.2 Å². The van der Waals surface area contributed by atoms with Gasteiger partial charge in [-0.2, -0.15) is 0 Å². The molecule has 2 aliphatic rings. The zero-order valence-electron chi connectivity index (χ0n) is 18.9. The van der Waals surface area contributed by atoms with Crippen LogP contribution in [0.25, 0.3) is 0 Å². The minimum Gasteiger partial charge on any atom is -0.393 e. The van der Waals surface area contributed by atoms with E-state index in [2.05, 4.69) is 47.3 Å². The lowest BCUT2D eigenvalue weighted by molar-refractivity contribution is 0.0697. The van der Waals surface area contributed by atoms with Crippen LogP contribution < -0.4 is 5.32 Å². The second-order valence-corrected chi connectivity index (χ2v) is 10.3. The Bertz CT molecular complexity index is 1180. The Hall–Kier alpha value is -2.61. The number of carbonyl (C=O) groups is 1. The van der Waals surface area contributed by atoms with Crippen molar-refractivity contribution in [2.24, 2.45) is 5.92 Å². The van der Waals surface area contributed by atoms with E-state index in [1.807, 2.05) is 13.0 Å². The van der Waals surface area contributed by atoms with Gasteiger partial charge < -0.3 is 15.2 Å². The maximum Gasteiger partial charge on any atom is 0.208 e. The maximum absolute atomic E-state index is 13.5. The number of aliphatic hydroxyl groups excluding tert-OH is 1. The Morgan fingerprint density at radius 1 is 1.24 bits per heavy atom. The Balaban J connectivity index is 1.43. The van der Waals surface area contributed by atoms with Crippen LogP contribution in [-0.2, 0) is 11.2 Å². The molecule has 3 heterocycles. The van der Waals surface area contributed by atoms with Crippen molar-refractivity contribution in [3.63, 3.8) is 0 Å². The zero-order valence-corrected chi connectivity index (χ0v) is 19.7. The lowest BCUT2D eigenvalue weighted by Crippen LogP contribution is -2.20. The molecule has 0 saturated heterocycles. The minimum absolute atomic E-state index is 0.0204. The third-order valence-corrected chi connectivity index (χ3v) is 7.72. The molecule has 6 nitrogen and oxygen atoms in total. The van der Waals surface area contributed by atoms with Gasteiger partial charge in [0.1, 0.15) is 18.2 Å². The fourth-order valence-electron chi connectivity index (χ4n) is 4.85. The van der Waals surface area contributed by atoms with E-state index in [-0.39, 0.29) is 23.8 Å². The van der Waals surface area contributed by atoms with E-state index < -0.39 is 6.10 Å². The number of ether oxygens (including phenoxy) is 1. The highest BCUT2D eigenvalue weighted by Crippen LogP contribution is 2.39. The van der Waals surface area contributed by atoms with E-state index in [1.165, 1.54) is 34.4 Å². The summed E-state index contributed by atoms with van der Waals surface area (Å²) in [6, 6.07) is 8.51. The third kappa shape index (κ3) is 4.33. The first-order chi connectivity index (χ1) is 15.9. The van der Waals surface area contributed by atoms with Gasteiger partial charge in [0.25, 0.3) is 0 Å². The van der Waals surface area contributed by atoms with Crippen molar-refractivity contribution < 1.29 is 14.6 Å². The Labute approximate surface area is 198 Å². The minimum atomic E-state index is -0.437. The molecule has 0 amide bonds. The second-order valence-electron chi connectivity index (χ2n) is 9.08. The standard InChI is InChI=1S/C26H28N3O3S/c1-14-4-5-17-6-7-32-25(20(17)8-14)19-11-23(33-16(19)3)24(31)21-12-27-13-28-26(21)29-18-9-15(2)22(30)10-18/h4-5,8,11-13,15,18,22,25,30H,2,6-7,9-10H2,1,3H3,(H,27,28,29)/t15-,18-,22+,25+/m1/s1. The summed E-state index contributed by atoms with van der Waals surface area (Å²) in [5, 5.41) is 13.4. The zero-order chi connectivity index (χ0) is 23.1. The van der Waals surface area contributed by atoms with Crippen molar-refractivity contribution in [1.29, 1.82) is 0 Å². The van der Waals surface area contributed by atoms with Crippen molar-refractivity contribution in [2.45, 2.75) is 51.4 Å². The number of nitrogens with one attached hydrogen (secondary N) is 1. The molecule has 2 N–H and O–H groups in total. The number of carbonyl (C=O) groups excluding carboxylic acids is 1. The Morgan fingerprint density at radius 3 is 2.88 bits per heavy atom. The highest BCUT2D eigenvalue weighted by atomic mass is 32.1. The van der Waals surface area contributed by atoms with Gasteiger partial charge in [-0.1, -0.05) is 23.8 Å². The second kappa shape index (κ2) is 8.97. The van der Waals surface area contributed by atoms with Crippen molar-refractivity contribution in [2.75, 3.05) is 11.9 Å². The van der Waals surface area contributed by atoms with E-state index in [0.29, 0.717) is 29.3 Å². The summed E-state index contributed by atoms with van der Waals surface area (Å²) in [6.45, 7) is 8.79. The van der Waals surface area contributed by atoms with Crippen LogP contribution in [0.5, 0.6) is 0 Å². The number of aryl methyl sites for hydroxylation is 2. The number of aliphatic hydroxyl groups is 1. The molecule has 1 fully saturated rings. The van der Waals surface area contributed by atoms with E-state index in [4.69, 9.17) is 4.74 Å². The van der Waals surface area contributed by atoms with E-state index >= 15 is 0 Å². The fourth-order valence-corrected chi connectivity index (χ4v) is 5.85. The van der Waals surface area contributed by atoms with Crippen molar-refractivity contribution in [3.05, 3.63) is 81.3 Å². The molecule has 1 aliphatic carbocycles. The summed E-state index contributed by atoms with van der Waals surface area (Å²) in [6.07, 6.45) is 4.63. The fraction of sp³-hybridized carbons (Fsp3) is 0.385. The number of rotatable bonds is 5. The number of fused-ring (bicyclic) bond motifs is 1. The van der Waals surface area contributed by atoms with Crippen LogP contribution in [-0.4, -0.2) is 39.6 Å². The molecule has 1 aromatic carbocycles. The molecule has 33 heavy (non-hydrogen) atoms. The monoisotopic (exact) mass is 462 g/mol. The number of nitrogens with zero attached hydrogens (tertiary/aromatic N) is 2. The largest absolute Gasteiger partial charge is 0.393 e. The molecule has 1 radical (unpaired) electrons. The number of hydrogen-bond acceptors (Lipinski definition) is 7. The van der Waals surface area contributed by atoms with Gasteiger partial charge in [-0.05, 0) is 68.7 Å². The van der Waals surface area contributed by atoms with Gasteiger partial charge in [0.2, 0.25) is 5.78 Å². The number of aromatic nitrogens is 2. The molecule has 171 valence electrons. The SMILES string of the molecule is [CH2][C@@H]1C[C@@H](Nc2ncncc2C(=O)c2cc([C@@H]3OCCc4ccc(C)cc43)c(C)s2)C[C@@H]1O. The van der Waals surface area contributed by atoms with Crippen molar-refractivity contribution in [3.8, 4) is 0 Å². The Kier molecular flexibility index (Phi) is 6.03. The predicted molar refractivity (Wildman–Crippen MR) is 129 cm³/mol. The highest BCUT2D eigenvalue weighted by molar-refractivity contribution is 7.14. The number of thiophene rings is 1. The molecule has 4 atom stereocenters. The van der Waals surface area contributed by atoms with Crippen LogP contribution in [0.4, 0.5) is 5.82 Å². The predicted octanol–water partition coefficient (Wildman–Crippen LogP) is 4.43. The average Bonchev–Trinajstić information content (AvgIpc) is 3.34. The van der Waals surface area contributed by atoms with Crippen LogP contribution in [0.15, 0.2) is 36.8 Å². The molecule has 5 rings (SSSR count). The first-order valence-electron chi connectivity index (χ1n) is 11.3. The molecular formula is C26H28N3O3S. The molecule has 0 spiro atoms.